The van der Waals surface area contributed by atoms with Crippen LogP contribution in [0.3, 0.4) is 0 Å². The van der Waals surface area contributed by atoms with Crippen molar-refractivity contribution in [3.8, 4) is 0 Å². The van der Waals surface area contributed by atoms with E-state index in [0.717, 1.165) is 6.42 Å². The van der Waals surface area contributed by atoms with Gasteiger partial charge in [-0.25, -0.2) is 8.37 Å². The van der Waals surface area contributed by atoms with Gasteiger partial charge in [-0.15, -0.1) is 0 Å². The smallest absolute Gasteiger partial charge is 0.264 e. The molecule has 0 amide bonds. The number of unbranched alkanes of at least 4 members (excludes halogenated alkanes) is 1. The summed E-state index contributed by atoms with van der Waals surface area (Å²) in [6.07, 6.45) is 2.05. The van der Waals surface area contributed by atoms with Gasteiger partial charge in [0, 0.05) is 0 Å². The van der Waals surface area contributed by atoms with Crippen molar-refractivity contribution >= 4 is 20.8 Å². The van der Waals surface area contributed by atoms with Crippen molar-refractivity contribution in [1.29, 1.82) is 0 Å². The number of hydrogen-bond donors (Lipinski definition) is 2. The van der Waals surface area contributed by atoms with Crippen molar-refractivity contribution < 1.29 is 34.3 Å². The fourth-order valence-electron chi connectivity index (χ4n) is 0.497. The third-order valence-corrected chi connectivity index (χ3v) is 2.10. The molecule has 0 atom stereocenters. The molecular weight excluding hydrogens is 276 g/mol. The first-order valence-corrected chi connectivity index (χ1v) is 7.59. The maximum atomic E-state index is 9.84. The van der Waals surface area contributed by atoms with E-state index in [2.05, 4.69) is 8.37 Å². The summed E-state index contributed by atoms with van der Waals surface area (Å²) in [6, 6.07) is 0. The molecule has 0 bridgehead atoms. The molecule has 0 heterocycles. The summed E-state index contributed by atoms with van der Waals surface area (Å²) < 4.78 is 62.9. The molecule has 0 fully saturated rings. The minimum absolute atomic E-state index is 0.0405. The van der Waals surface area contributed by atoms with E-state index in [1.54, 1.807) is 6.92 Å². The van der Waals surface area contributed by atoms with Crippen molar-refractivity contribution in [1.82, 2.24) is 0 Å². The first kappa shape index (κ1) is 19.1. The lowest BCUT2D eigenvalue weighted by atomic mass is 10.4. The Hall–Kier alpha value is -0.260. The lowest BCUT2D eigenvalue weighted by molar-refractivity contribution is 0.264. The average molecular weight is 294 g/mol. The summed E-state index contributed by atoms with van der Waals surface area (Å²) in [5.41, 5.74) is 0. The van der Waals surface area contributed by atoms with Gasteiger partial charge in [0.1, 0.15) is 0 Å². The van der Waals surface area contributed by atoms with Crippen LogP contribution in [0.1, 0.15) is 33.1 Å². The highest BCUT2D eigenvalue weighted by Crippen LogP contribution is 1.91. The third-order valence-electron chi connectivity index (χ3n) is 1.17. The lowest BCUT2D eigenvalue weighted by Crippen LogP contribution is -2.04. The Kier molecular flexibility index (Phi) is 10.9. The Bertz CT molecular complexity index is 357. The predicted octanol–water partition coefficient (Wildman–Crippen LogP) is 0.822. The molecule has 10 heteroatoms. The molecule has 2 N–H and O–H groups in total. The molecule has 0 saturated carbocycles. The van der Waals surface area contributed by atoms with Gasteiger partial charge >= 0.3 is 20.8 Å². The average Bonchev–Trinajstić information content (AvgIpc) is 2.13. The van der Waals surface area contributed by atoms with E-state index >= 15 is 0 Å². The van der Waals surface area contributed by atoms with Gasteiger partial charge in [-0.3, -0.25) is 9.11 Å². The molecule has 0 unspecified atom stereocenters. The van der Waals surface area contributed by atoms with Crippen LogP contribution in [0.2, 0.25) is 0 Å². The van der Waals surface area contributed by atoms with Crippen LogP contribution in [0.5, 0.6) is 0 Å². The van der Waals surface area contributed by atoms with Crippen molar-refractivity contribution in [2.24, 2.45) is 0 Å². The summed E-state index contributed by atoms with van der Waals surface area (Å²) in [7, 11) is -8.38. The zero-order chi connectivity index (χ0) is 13.9. The van der Waals surface area contributed by atoms with Gasteiger partial charge in [0.2, 0.25) is 0 Å². The van der Waals surface area contributed by atoms with E-state index in [4.69, 9.17) is 9.11 Å². The molecule has 0 aliphatic carbocycles. The van der Waals surface area contributed by atoms with Gasteiger partial charge < -0.3 is 0 Å². The van der Waals surface area contributed by atoms with Gasteiger partial charge in [-0.2, -0.15) is 16.8 Å². The van der Waals surface area contributed by atoms with Crippen LogP contribution in [0.4, 0.5) is 0 Å². The molecule has 0 aromatic heterocycles. The van der Waals surface area contributed by atoms with Crippen LogP contribution in [0, 0.1) is 0 Å². The highest BCUT2D eigenvalue weighted by molar-refractivity contribution is 7.81. The lowest BCUT2D eigenvalue weighted by Gasteiger charge is -1.95. The summed E-state index contributed by atoms with van der Waals surface area (Å²) in [5, 5.41) is 0. The summed E-state index contributed by atoms with van der Waals surface area (Å²) >= 11 is 0. The zero-order valence-corrected chi connectivity index (χ0v) is 11.3. The van der Waals surface area contributed by atoms with Crippen LogP contribution in [-0.4, -0.2) is 39.2 Å². The Morgan fingerprint density at radius 1 is 0.824 bits per heavy atom. The summed E-state index contributed by atoms with van der Waals surface area (Å²) in [4.78, 5) is 0. The van der Waals surface area contributed by atoms with E-state index in [9.17, 15) is 16.8 Å². The van der Waals surface area contributed by atoms with Crippen molar-refractivity contribution in [3.05, 3.63) is 0 Å². The van der Waals surface area contributed by atoms with E-state index in [0.29, 0.717) is 12.8 Å². The maximum Gasteiger partial charge on any atom is 0.397 e. The van der Waals surface area contributed by atoms with Crippen LogP contribution in [0.15, 0.2) is 0 Å². The van der Waals surface area contributed by atoms with E-state index < -0.39 is 20.8 Å². The van der Waals surface area contributed by atoms with Crippen molar-refractivity contribution in [2.75, 3.05) is 13.2 Å². The molecule has 0 saturated heterocycles. The van der Waals surface area contributed by atoms with Gasteiger partial charge in [-0.1, -0.05) is 20.3 Å². The predicted molar refractivity (Wildman–Crippen MR) is 60.2 cm³/mol. The SMILES string of the molecule is CCCCOS(=O)(=O)O.CCCOS(=O)(=O)O. The van der Waals surface area contributed by atoms with Crippen molar-refractivity contribution in [2.45, 2.75) is 33.1 Å². The molecular formula is C7H18O8S2. The second-order valence-electron chi connectivity index (χ2n) is 2.85. The fraction of sp³-hybridized carbons (Fsp3) is 1.00. The first-order valence-electron chi connectivity index (χ1n) is 4.86. The van der Waals surface area contributed by atoms with E-state index in [1.165, 1.54) is 0 Å². The minimum atomic E-state index is -4.20. The zero-order valence-electron chi connectivity index (χ0n) is 9.70. The molecule has 0 aliphatic rings. The molecule has 8 nitrogen and oxygen atoms in total. The van der Waals surface area contributed by atoms with Crippen LogP contribution in [0.25, 0.3) is 0 Å². The molecule has 0 aromatic rings. The van der Waals surface area contributed by atoms with Gasteiger partial charge in [-0.05, 0) is 12.8 Å². The number of rotatable bonds is 7. The minimum Gasteiger partial charge on any atom is -0.264 e. The maximum absolute atomic E-state index is 9.84. The molecule has 0 spiro atoms. The van der Waals surface area contributed by atoms with E-state index in [-0.39, 0.29) is 13.2 Å². The molecule has 0 rings (SSSR count). The van der Waals surface area contributed by atoms with Gasteiger partial charge in [0.15, 0.2) is 0 Å². The molecule has 0 radical (unpaired) electrons. The normalized spacial score (nSPS) is 11.8. The first-order chi connectivity index (χ1) is 7.62. The fourth-order valence-corrected chi connectivity index (χ4v) is 1.20. The Morgan fingerprint density at radius 2 is 1.24 bits per heavy atom. The Labute approximate surface area is 102 Å². The molecule has 0 aromatic carbocycles. The van der Waals surface area contributed by atoms with Gasteiger partial charge in [0.05, 0.1) is 13.2 Å². The van der Waals surface area contributed by atoms with Crippen LogP contribution in [-0.2, 0) is 29.2 Å². The molecule has 0 aliphatic heterocycles. The third kappa shape index (κ3) is 25.8. The second-order valence-corrected chi connectivity index (χ2v) is 5.04. The quantitative estimate of drug-likeness (QED) is 0.522. The Morgan fingerprint density at radius 3 is 1.47 bits per heavy atom. The van der Waals surface area contributed by atoms with Gasteiger partial charge in [0.25, 0.3) is 0 Å². The Balaban J connectivity index is 0. The van der Waals surface area contributed by atoms with Crippen molar-refractivity contribution in [3.63, 3.8) is 0 Å². The summed E-state index contributed by atoms with van der Waals surface area (Å²) in [5.74, 6) is 0. The van der Waals surface area contributed by atoms with E-state index in [1.807, 2.05) is 6.92 Å². The monoisotopic (exact) mass is 294 g/mol. The standard InChI is InChI=1S/C4H10O4S.C3H8O4S/c1-2-3-4-8-9(5,6)7;1-2-3-7-8(4,5)6/h2-4H2,1H3,(H,5,6,7);2-3H2,1H3,(H,4,5,6). The molecule has 17 heavy (non-hydrogen) atoms. The largest absolute Gasteiger partial charge is 0.397 e. The highest BCUT2D eigenvalue weighted by atomic mass is 32.3. The van der Waals surface area contributed by atoms with Crippen LogP contribution >= 0.6 is 0 Å². The summed E-state index contributed by atoms with van der Waals surface area (Å²) in [6.45, 7) is 3.74. The topological polar surface area (TPSA) is 127 Å². The second kappa shape index (κ2) is 9.74. The highest BCUT2D eigenvalue weighted by Gasteiger charge is 2.01. The number of hydrogen-bond acceptors (Lipinski definition) is 6. The van der Waals surface area contributed by atoms with Crippen LogP contribution < -0.4 is 0 Å². The molecule has 106 valence electrons.